The summed E-state index contributed by atoms with van der Waals surface area (Å²) in [6.07, 6.45) is -4.25. The minimum absolute atomic E-state index is 0.0140. The van der Waals surface area contributed by atoms with E-state index in [2.05, 4.69) is 16.0 Å². The number of hydrogen-bond donors (Lipinski definition) is 5. The lowest BCUT2D eigenvalue weighted by Gasteiger charge is -2.16. The summed E-state index contributed by atoms with van der Waals surface area (Å²) in [5.74, 6) is 0.409. The maximum absolute atomic E-state index is 12.3. The average molecular weight is 444 g/mol. The van der Waals surface area contributed by atoms with Crippen molar-refractivity contribution in [3.63, 3.8) is 0 Å². The van der Waals surface area contributed by atoms with E-state index in [-0.39, 0.29) is 18.9 Å². The molecule has 3 rings (SSSR count). The maximum Gasteiger partial charge on any atom is 0.319 e. The highest BCUT2D eigenvalue weighted by atomic mass is 16.5. The van der Waals surface area contributed by atoms with E-state index in [9.17, 15) is 19.8 Å². The first-order valence-electron chi connectivity index (χ1n) is 10.4. The largest absolute Gasteiger partial charge is 0.497 e. The second-order valence-corrected chi connectivity index (χ2v) is 7.72. The van der Waals surface area contributed by atoms with Crippen molar-refractivity contribution in [2.75, 3.05) is 19.0 Å². The molecule has 0 spiro atoms. The second kappa shape index (κ2) is 10.9. The summed E-state index contributed by atoms with van der Waals surface area (Å²) in [5, 5.41) is 28.5. The van der Waals surface area contributed by atoms with Gasteiger partial charge >= 0.3 is 6.03 Å². The van der Waals surface area contributed by atoms with Gasteiger partial charge in [-0.25, -0.2) is 4.79 Å². The van der Waals surface area contributed by atoms with E-state index >= 15 is 0 Å². The molecule has 0 aliphatic carbocycles. The van der Waals surface area contributed by atoms with Crippen molar-refractivity contribution in [2.45, 2.75) is 44.3 Å². The third-order valence-corrected chi connectivity index (χ3v) is 5.27. The van der Waals surface area contributed by atoms with Crippen LogP contribution in [0.25, 0.3) is 0 Å². The van der Waals surface area contributed by atoms with Gasteiger partial charge in [0, 0.05) is 18.8 Å². The first-order valence-corrected chi connectivity index (χ1v) is 10.4. The number of aryl methyl sites for hydroxylation is 1. The maximum atomic E-state index is 12.3. The number of ether oxygens (including phenoxy) is 2. The van der Waals surface area contributed by atoms with Crippen molar-refractivity contribution in [2.24, 2.45) is 0 Å². The predicted octanol–water partition coefficient (Wildman–Crippen LogP) is 1.32. The molecule has 9 heteroatoms. The average Bonchev–Trinajstić information content (AvgIpc) is 3.06. The number of carbonyl (C=O) groups excluding carboxylic acids is 2. The SMILES string of the molecule is COc1ccc(CNC(=O)CC2OC(CNC(=O)Nc3ccc(C)cc3)C(O)C2O)cc1. The highest BCUT2D eigenvalue weighted by molar-refractivity contribution is 5.89. The Labute approximate surface area is 186 Å². The lowest BCUT2D eigenvalue weighted by molar-refractivity contribution is -0.125. The van der Waals surface area contributed by atoms with E-state index in [0.717, 1.165) is 16.9 Å². The fourth-order valence-electron chi connectivity index (χ4n) is 3.37. The zero-order chi connectivity index (χ0) is 23.1. The van der Waals surface area contributed by atoms with Crippen molar-refractivity contribution in [1.82, 2.24) is 10.6 Å². The Hall–Kier alpha value is -3.14. The third-order valence-electron chi connectivity index (χ3n) is 5.27. The lowest BCUT2D eigenvalue weighted by Crippen LogP contribution is -2.41. The summed E-state index contributed by atoms with van der Waals surface area (Å²) in [4.78, 5) is 24.3. The summed E-state index contributed by atoms with van der Waals surface area (Å²) in [6.45, 7) is 2.25. The molecular weight excluding hydrogens is 414 g/mol. The van der Waals surface area contributed by atoms with Gasteiger partial charge in [0.15, 0.2) is 0 Å². The highest BCUT2D eigenvalue weighted by Gasteiger charge is 2.43. The van der Waals surface area contributed by atoms with Crippen molar-refractivity contribution < 1.29 is 29.3 Å². The Kier molecular flexibility index (Phi) is 8.04. The van der Waals surface area contributed by atoms with Crippen LogP contribution in [0.1, 0.15) is 17.5 Å². The number of anilines is 1. The zero-order valence-electron chi connectivity index (χ0n) is 18.1. The molecule has 172 valence electrons. The van der Waals surface area contributed by atoms with Crippen LogP contribution in [0.2, 0.25) is 0 Å². The number of carbonyl (C=O) groups is 2. The van der Waals surface area contributed by atoms with Gasteiger partial charge in [-0.1, -0.05) is 29.8 Å². The number of rotatable bonds is 8. The summed E-state index contributed by atoms with van der Waals surface area (Å²) in [6, 6.07) is 14.1. The van der Waals surface area contributed by atoms with Crippen LogP contribution in [0.4, 0.5) is 10.5 Å². The molecule has 0 aromatic heterocycles. The van der Waals surface area contributed by atoms with Gasteiger partial charge < -0.3 is 35.6 Å². The van der Waals surface area contributed by atoms with Crippen LogP contribution in [0.5, 0.6) is 5.75 Å². The van der Waals surface area contributed by atoms with Crippen LogP contribution in [-0.2, 0) is 16.1 Å². The van der Waals surface area contributed by atoms with Gasteiger partial charge in [-0.2, -0.15) is 0 Å². The van der Waals surface area contributed by atoms with Gasteiger partial charge in [0.05, 0.1) is 19.6 Å². The number of amides is 3. The Bertz CT molecular complexity index is 903. The number of benzene rings is 2. The number of urea groups is 1. The van der Waals surface area contributed by atoms with Crippen molar-refractivity contribution >= 4 is 17.6 Å². The summed E-state index contributed by atoms with van der Waals surface area (Å²) in [7, 11) is 1.58. The Morgan fingerprint density at radius 2 is 1.62 bits per heavy atom. The van der Waals surface area contributed by atoms with Gasteiger partial charge in [-0.05, 0) is 36.8 Å². The second-order valence-electron chi connectivity index (χ2n) is 7.72. The van der Waals surface area contributed by atoms with E-state index < -0.39 is 30.4 Å². The molecule has 0 bridgehead atoms. The first-order chi connectivity index (χ1) is 15.4. The predicted molar refractivity (Wildman–Crippen MR) is 118 cm³/mol. The Morgan fingerprint density at radius 3 is 2.28 bits per heavy atom. The van der Waals surface area contributed by atoms with Gasteiger partial charge in [-0.15, -0.1) is 0 Å². The Morgan fingerprint density at radius 1 is 0.969 bits per heavy atom. The molecule has 2 aromatic rings. The minimum Gasteiger partial charge on any atom is -0.497 e. The molecule has 1 saturated heterocycles. The molecule has 3 amide bonds. The van der Waals surface area contributed by atoms with E-state index in [1.807, 2.05) is 31.2 Å². The molecule has 0 saturated carbocycles. The summed E-state index contributed by atoms with van der Waals surface area (Å²) >= 11 is 0. The number of aliphatic hydroxyl groups excluding tert-OH is 2. The van der Waals surface area contributed by atoms with Gasteiger partial charge in [0.25, 0.3) is 0 Å². The van der Waals surface area contributed by atoms with E-state index in [1.54, 1.807) is 31.4 Å². The van der Waals surface area contributed by atoms with Crippen molar-refractivity contribution in [3.05, 3.63) is 59.7 Å². The van der Waals surface area contributed by atoms with Gasteiger partial charge in [-0.3, -0.25) is 4.79 Å². The quantitative estimate of drug-likeness (QED) is 0.419. The van der Waals surface area contributed by atoms with Crippen LogP contribution >= 0.6 is 0 Å². The molecule has 4 unspecified atom stereocenters. The third kappa shape index (κ3) is 6.43. The molecule has 32 heavy (non-hydrogen) atoms. The summed E-state index contributed by atoms with van der Waals surface area (Å²) in [5.41, 5.74) is 2.60. The van der Waals surface area contributed by atoms with E-state index in [4.69, 9.17) is 9.47 Å². The molecule has 1 aliphatic heterocycles. The van der Waals surface area contributed by atoms with Crippen LogP contribution in [0.15, 0.2) is 48.5 Å². The number of methoxy groups -OCH3 is 1. The molecule has 1 fully saturated rings. The monoisotopic (exact) mass is 443 g/mol. The van der Waals surface area contributed by atoms with Crippen LogP contribution in [0.3, 0.4) is 0 Å². The van der Waals surface area contributed by atoms with Gasteiger partial charge in [0.2, 0.25) is 5.91 Å². The first kappa shape index (κ1) is 23.5. The van der Waals surface area contributed by atoms with Gasteiger partial charge in [0.1, 0.15) is 24.1 Å². The lowest BCUT2D eigenvalue weighted by atomic mass is 10.1. The molecule has 1 aliphatic rings. The number of aliphatic hydroxyl groups is 2. The van der Waals surface area contributed by atoms with E-state index in [0.29, 0.717) is 12.2 Å². The molecular formula is C23H29N3O6. The topological polar surface area (TPSA) is 129 Å². The van der Waals surface area contributed by atoms with Crippen LogP contribution in [-0.4, -0.2) is 60.2 Å². The van der Waals surface area contributed by atoms with Crippen LogP contribution < -0.4 is 20.7 Å². The molecule has 0 radical (unpaired) electrons. The van der Waals surface area contributed by atoms with Crippen LogP contribution in [0, 0.1) is 6.92 Å². The summed E-state index contributed by atoms with van der Waals surface area (Å²) < 4.78 is 10.7. The Balaban J connectivity index is 1.42. The number of nitrogens with one attached hydrogen (secondary N) is 3. The fourth-order valence-corrected chi connectivity index (χ4v) is 3.37. The van der Waals surface area contributed by atoms with Crippen molar-refractivity contribution in [1.29, 1.82) is 0 Å². The molecule has 4 atom stereocenters. The fraction of sp³-hybridized carbons (Fsp3) is 0.391. The number of hydrogen-bond acceptors (Lipinski definition) is 6. The molecule has 5 N–H and O–H groups in total. The normalized spacial score (nSPS) is 22.2. The standard InChI is InChI=1S/C23H29N3O6/c1-14-3-7-16(8-4-14)26-23(30)25-13-19-22(29)21(28)18(32-19)11-20(27)24-12-15-5-9-17(31-2)10-6-15/h3-10,18-19,21-22,28-29H,11-13H2,1-2H3,(H,24,27)(H2,25,26,30). The highest BCUT2D eigenvalue weighted by Crippen LogP contribution is 2.23. The molecule has 2 aromatic carbocycles. The van der Waals surface area contributed by atoms with E-state index in [1.165, 1.54) is 0 Å². The molecule has 1 heterocycles. The zero-order valence-corrected chi connectivity index (χ0v) is 18.1. The smallest absolute Gasteiger partial charge is 0.319 e. The minimum atomic E-state index is -1.23. The van der Waals surface area contributed by atoms with Crippen molar-refractivity contribution in [3.8, 4) is 5.75 Å². The molecule has 9 nitrogen and oxygen atoms in total.